The number of hydrogen-bond acceptors (Lipinski definition) is 3. The van der Waals surface area contributed by atoms with Crippen molar-refractivity contribution >= 4 is 11.6 Å². The molecule has 0 saturated carbocycles. The zero-order valence-corrected chi connectivity index (χ0v) is 13.7. The van der Waals surface area contributed by atoms with Gasteiger partial charge in [0.1, 0.15) is 0 Å². The van der Waals surface area contributed by atoms with E-state index >= 15 is 0 Å². The van der Waals surface area contributed by atoms with E-state index in [2.05, 4.69) is 31.4 Å². The summed E-state index contributed by atoms with van der Waals surface area (Å²) in [6, 6.07) is 6.04. The first-order chi connectivity index (χ1) is 9.86. The summed E-state index contributed by atoms with van der Waals surface area (Å²) in [4.78, 5) is 12.3. The maximum Gasteiger partial charge on any atom is 0.251 e. The van der Waals surface area contributed by atoms with E-state index in [4.69, 9.17) is 5.11 Å². The second kappa shape index (κ2) is 8.03. The van der Waals surface area contributed by atoms with Gasteiger partial charge in [-0.15, -0.1) is 0 Å². The van der Waals surface area contributed by atoms with Gasteiger partial charge >= 0.3 is 0 Å². The Morgan fingerprint density at radius 3 is 2.48 bits per heavy atom. The van der Waals surface area contributed by atoms with Crippen molar-refractivity contribution < 1.29 is 9.90 Å². The van der Waals surface area contributed by atoms with Gasteiger partial charge in [0.05, 0.1) is 0 Å². The van der Waals surface area contributed by atoms with Crippen LogP contribution in [0.5, 0.6) is 0 Å². The molecule has 2 atom stereocenters. The van der Waals surface area contributed by atoms with Crippen molar-refractivity contribution in [1.29, 1.82) is 0 Å². The molecule has 0 aliphatic heterocycles. The van der Waals surface area contributed by atoms with E-state index in [0.29, 0.717) is 23.9 Å². The van der Waals surface area contributed by atoms with Crippen molar-refractivity contribution in [2.24, 2.45) is 5.92 Å². The van der Waals surface area contributed by atoms with Crippen LogP contribution < -0.4 is 10.6 Å². The molecule has 0 bridgehead atoms. The molecule has 0 heterocycles. The normalized spacial score (nSPS) is 13.9. The first kappa shape index (κ1) is 17.5. The number of rotatable bonds is 7. The lowest BCUT2D eigenvalue weighted by Gasteiger charge is -2.21. The third-order valence-corrected chi connectivity index (χ3v) is 3.90. The molecule has 0 saturated heterocycles. The van der Waals surface area contributed by atoms with Crippen molar-refractivity contribution in [3.63, 3.8) is 0 Å². The number of anilines is 1. The molecular formula is C17H28N2O2. The Hall–Kier alpha value is -1.55. The van der Waals surface area contributed by atoms with Crippen molar-refractivity contribution in [2.45, 2.75) is 53.1 Å². The number of benzene rings is 1. The summed E-state index contributed by atoms with van der Waals surface area (Å²) < 4.78 is 0. The number of amides is 1. The summed E-state index contributed by atoms with van der Waals surface area (Å²) in [6.07, 6.45) is 0.563. The molecule has 1 rings (SSSR count). The molecule has 0 aliphatic rings. The van der Waals surface area contributed by atoms with Gasteiger partial charge < -0.3 is 15.7 Å². The smallest absolute Gasteiger partial charge is 0.251 e. The van der Waals surface area contributed by atoms with Crippen LogP contribution in [0.2, 0.25) is 0 Å². The monoisotopic (exact) mass is 292 g/mol. The molecule has 0 radical (unpaired) electrons. The fourth-order valence-electron chi connectivity index (χ4n) is 2.02. The Balaban J connectivity index is 2.87. The van der Waals surface area contributed by atoms with Crippen LogP contribution >= 0.6 is 0 Å². The van der Waals surface area contributed by atoms with Gasteiger partial charge in [0.25, 0.3) is 5.91 Å². The number of carbonyl (C=O) groups is 1. The van der Waals surface area contributed by atoms with E-state index in [1.165, 1.54) is 0 Å². The largest absolute Gasteiger partial charge is 0.396 e. The predicted octanol–water partition coefficient (Wildman–Crippen LogP) is 2.95. The van der Waals surface area contributed by atoms with Crippen LogP contribution in [0.3, 0.4) is 0 Å². The molecule has 21 heavy (non-hydrogen) atoms. The first-order valence-electron chi connectivity index (χ1n) is 7.64. The average Bonchev–Trinajstić information content (AvgIpc) is 2.40. The van der Waals surface area contributed by atoms with Gasteiger partial charge in [-0.25, -0.2) is 0 Å². The van der Waals surface area contributed by atoms with Crippen LogP contribution in [-0.4, -0.2) is 29.7 Å². The van der Waals surface area contributed by atoms with E-state index in [0.717, 1.165) is 11.3 Å². The molecule has 0 fully saturated rings. The van der Waals surface area contributed by atoms with Crippen LogP contribution in [-0.2, 0) is 0 Å². The van der Waals surface area contributed by atoms with Crippen LogP contribution in [0, 0.1) is 12.8 Å². The number of aliphatic hydroxyl groups is 1. The van der Waals surface area contributed by atoms with E-state index in [9.17, 15) is 4.79 Å². The maximum absolute atomic E-state index is 12.3. The fourth-order valence-corrected chi connectivity index (χ4v) is 2.02. The Labute approximate surface area is 128 Å². The van der Waals surface area contributed by atoms with Gasteiger partial charge in [-0.2, -0.15) is 0 Å². The SMILES string of the molecule is Cc1c(NC(C)C(C)C)cccc1C(=O)NC(C)CCO. The van der Waals surface area contributed by atoms with Gasteiger partial charge in [-0.05, 0) is 50.8 Å². The van der Waals surface area contributed by atoms with Gasteiger partial charge in [-0.3, -0.25) is 4.79 Å². The maximum atomic E-state index is 12.3. The van der Waals surface area contributed by atoms with E-state index in [1.807, 2.05) is 32.0 Å². The fraction of sp³-hybridized carbons (Fsp3) is 0.588. The minimum absolute atomic E-state index is 0.0342. The van der Waals surface area contributed by atoms with Gasteiger partial charge in [0, 0.05) is 29.9 Å². The number of hydrogen-bond donors (Lipinski definition) is 3. The zero-order chi connectivity index (χ0) is 16.0. The molecule has 2 unspecified atom stereocenters. The molecule has 3 N–H and O–H groups in total. The number of nitrogens with one attached hydrogen (secondary N) is 2. The van der Waals surface area contributed by atoms with Crippen LogP contribution in [0.15, 0.2) is 18.2 Å². The Morgan fingerprint density at radius 2 is 1.90 bits per heavy atom. The summed E-state index contributed by atoms with van der Waals surface area (Å²) in [7, 11) is 0. The molecule has 0 spiro atoms. The third-order valence-electron chi connectivity index (χ3n) is 3.90. The Morgan fingerprint density at radius 1 is 1.24 bits per heavy atom. The minimum Gasteiger partial charge on any atom is -0.396 e. The second-order valence-corrected chi connectivity index (χ2v) is 6.04. The minimum atomic E-state index is -0.0886. The lowest BCUT2D eigenvalue weighted by atomic mass is 10.0. The van der Waals surface area contributed by atoms with Crippen LogP contribution in [0.25, 0.3) is 0 Å². The van der Waals surface area contributed by atoms with E-state index in [1.54, 1.807) is 0 Å². The topological polar surface area (TPSA) is 61.4 Å². The van der Waals surface area contributed by atoms with Crippen molar-refractivity contribution in [2.75, 3.05) is 11.9 Å². The first-order valence-corrected chi connectivity index (χ1v) is 7.64. The summed E-state index contributed by atoms with van der Waals surface area (Å²) in [6.45, 7) is 10.4. The van der Waals surface area contributed by atoms with Gasteiger partial charge in [0.2, 0.25) is 0 Å². The summed E-state index contributed by atoms with van der Waals surface area (Å²) in [5, 5.41) is 15.3. The molecule has 1 amide bonds. The van der Waals surface area contributed by atoms with E-state index in [-0.39, 0.29) is 18.6 Å². The molecule has 0 aromatic heterocycles. The Bertz CT molecular complexity index is 472. The molecule has 4 heteroatoms. The van der Waals surface area contributed by atoms with Crippen LogP contribution in [0.4, 0.5) is 5.69 Å². The highest BCUT2D eigenvalue weighted by Crippen LogP contribution is 2.21. The highest BCUT2D eigenvalue weighted by atomic mass is 16.3. The summed E-state index contributed by atoms with van der Waals surface area (Å²) >= 11 is 0. The molecule has 0 aliphatic carbocycles. The van der Waals surface area contributed by atoms with Gasteiger partial charge in [-0.1, -0.05) is 19.9 Å². The Kier molecular flexibility index (Phi) is 6.69. The molecule has 4 nitrogen and oxygen atoms in total. The van der Waals surface area contributed by atoms with Crippen LogP contribution in [0.1, 0.15) is 50.0 Å². The highest BCUT2D eigenvalue weighted by molar-refractivity contribution is 5.97. The quantitative estimate of drug-likeness (QED) is 0.724. The lowest BCUT2D eigenvalue weighted by molar-refractivity contribution is 0.0934. The van der Waals surface area contributed by atoms with Crippen molar-refractivity contribution in [1.82, 2.24) is 5.32 Å². The van der Waals surface area contributed by atoms with Gasteiger partial charge in [0.15, 0.2) is 0 Å². The second-order valence-electron chi connectivity index (χ2n) is 6.04. The number of aliphatic hydroxyl groups excluding tert-OH is 1. The average molecular weight is 292 g/mol. The van der Waals surface area contributed by atoms with Crippen molar-refractivity contribution in [3.05, 3.63) is 29.3 Å². The lowest BCUT2D eigenvalue weighted by Crippen LogP contribution is -2.33. The van der Waals surface area contributed by atoms with Crippen molar-refractivity contribution in [3.8, 4) is 0 Å². The molecule has 118 valence electrons. The molecule has 1 aromatic carbocycles. The standard InChI is InChI=1S/C17H28N2O2/c1-11(2)14(5)19-16-8-6-7-15(13(16)4)17(21)18-12(3)9-10-20/h6-8,11-12,14,19-20H,9-10H2,1-5H3,(H,18,21). The van der Waals surface area contributed by atoms with E-state index < -0.39 is 0 Å². The highest BCUT2D eigenvalue weighted by Gasteiger charge is 2.15. The predicted molar refractivity (Wildman–Crippen MR) is 87.7 cm³/mol. The molecular weight excluding hydrogens is 264 g/mol. The summed E-state index contributed by atoms with van der Waals surface area (Å²) in [5.74, 6) is 0.431. The number of carbonyl (C=O) groups excluding carboxylic acids is 1. The molecule has 1 aromatic rings. The summed E-state index contributed by atoms with van der Waals surface area (Å²) in [5.41, 5.74) is 2.64. The third kappa shape index (κ3) is 5.05. The zero-order valence-electron chi connectivity index (χ0n) is 13.7.